The molecule has 2 amide bonds. The zero-order chi connectivity index (χ0) is 19.6. The predicted molar refractivity (Wildman–Crippen MR) is 109 cm³/mol. The van der Waals surface area contributed by atoms with Gasteiger partial charge in [0.1, 0.15) is 12.6 Å². The van der Waals surface area contributed by atoms with Gasteiger partial charge in [-0.3, -0.25) is 4.79 Å². The molecule has 0 bridgehead atoms. The molecule has 1 aliphatic heterocycles. The maximum atomic E-state index is 12.9. The van der Waals surface area contributed by atoms with E-state index in [1.54, 1.807) is 0 Å². The molecular weight excluding hydrogens is 354 g/mol. The quantitative estimate of drug-likeness (QED) is 0.672. The molecule has 3 rings (SSSR count). The second-order valence-electron chi connectivity index (χ2n) is 8.02. The molecule has 1 saturated carbocycles. The number of hydrogen-bond donors (Lipinski definition) is 3. The fourth-order valence-corrected chi connectivity index (χ4v) is 4.20. The molecule has 2 fully saturated rings. The first-order valence-electron chi connectivity index (χ1n) is 10.7. The number of carbonyl (C=O) groups is 2. The van der Waals surface area contributed by atoms with Gasteiger partial charge in [-0.15, -0.1) is 0 Å². The van der Waals surface area contributed by atoms with Crippen molar-refractivity contribution in [2.45, 2.75) is 57.6 Å². The second-order valence-corrected chi connectivity index (χ2v) is 8.02. The fraction of sp³-hybridized carbons (Fsp3) is 0.636. The Morgan fingerprint density at radius 2 is 1.75 bits per heavy atom. The molecule has 1 unspecified atom stereocenters. The van der Waals surface area contributed by atoms with Crippen molar-refractivity contribution in [2.24, 2.45) is 11.8 Å². The van der Waals surface area contributed by atoms with Gasteiger partial charge < -0.3 is 20.7 Å². The normalized spacial score (nSPS) is 19.6. The van der Waals surface area contributed by atoms with Gasteiger partial charge in [-0.1, -0.05) is 49.6 Å². The molecule has 1 aromatic rings. The summed E-state index contributed by atoms with van der Waals surface area (Å²) in [5, 5.41) is 9.30. The summed E-state index contributed by atoms with van der Waals surface area (Å²) in [5.74, 6) is 0.635. The largest absolute Gasteiger partial charge is 0.445 e. The van der Waals surface area contributed by atoms with Gasteiger partial charge in [-0.25, -0.2) is 4.79 Å². The minimum absolute atomic E-state index is 0.0675. The lowest BCUT2D eigenvalue weighted by Gasteiger charge is -2.30. The van der Waals surface area contributed by atoms with Crippen LogP contribution in [-0.4, -0.2) is 37.7 Å². The van der Waals surface area contributed by atoms with E-state index in [2.05, 4.69) is 16.0 Å². The Morgan fingerprint density at radius 1 is 1.04 bits per heavy atom. The summed E-state index contributed by atoms with van der Waals surface area (Å²) in [6.45, 7) is 2.92. The lowest BCUT2D eigenvalue weighted by atomic mass is 9.83. The third-order valence-electron chi connectivity index (χ3n) is 5.91. The Labute approximate surface area is 167 Å². The van der Waals surface area contributed by atoms with E-state index in [-0.39, 0.29) is 18.4 Å². The Morgan fingerprint density at radius 3 is 2.46 bits per heavy atom. The molecule has 1 saturated heterocycles. The van der Waals surface area contributed by atoms with E-state index in [1.807, 2.05) is 30.3 Å². The molecule has 1 aliphatic carbocycles. The lowest BCUT2D eigenvalue weighted by molar-refractivity contribution is -0.124. The smallest absolute Gasteiger partial charge is 0.408 e. The predicted octanol–water partition coefficient (Wildman–Crippen LogP) is 2.98. The van der Waals surface area contributed by atoms with Crippen molar-refractivity contribution in [1.82, 2.24) is 16.0 Å². The topological polar surface area (TPSA) is 79.5 Å². The van der Waals surface area contributed by atoms with Crippen LogP contribution in [0, 0.1) is 11.8 Å². The number of rotatable bonds is 7. The van der Waals surface area contributed by atoms with Crippen LogP contribution in [0.4, 0.5) is 4.79 Å². The first-order valence-corrected chi connectivity index (χ1v) is 10.7. The average molecular weight is 388 g/mol. The van der Waals surface area contributed by atoms with Crippen LogP contribution in [0.15, 0.2) is 30.3 Å². The van der Waals surface area contributed by atoms with Crippen molar-refractivity contribution in [2.75, 3.05) is 19.6 Å². The van der Waals surface area contributed by atoms with Crippen LogP contribution in [0.25, 0.3) is 0 Å². The third kappa shape index (κ3) is 6.51. The van der Waals surface area contributed by atoms with E-state index in [0.29, 0.717) is 12.5 Å². The van der Waals surface area contributed by atoms with E-state index in [9.17, 15) is 9.59 Å². The third-order valence-corrected chi connectivity index (χ3v) is 5.91. The average Bonchev–Trinajstić information content (AvgIpc) is 2.76. The molecule has 6 nitrogen and oxygen atoms in total. The van der Waals surface area contributed by atoms with E-state index in [1.165, 1.54) is 6.42 Å². The van der Waals surface area contributed by atoms with Gasteiger partial charge in [0.2, 0.25) is 5.91 Å². The molecule has 0 aromatic heterocycles. The number of alkyl carbamates (subject to hydrolysis) is 1. The maximum Gasteiger partial charge on any atom is 0.408 e. The van der Waals surface area contributed by atoms with Crippen molar-refractivity contribution >= 4 is 12.0 Å². The van der Waals surface area contributed by atoms with Gasteiger partial charge in [-0.05, 0) is 56.2 Å². The van der Waals surface area contributed by atoms with Crippen LogP contribution in [0.5, 0.6) is 0 Å². The van der Waals surface area contributed by atoms with E-state index >= 15 is 0 Å². The van der Waals surface area contributed by atoms with Crippen LogP contribution in [-0.2, 0) is 16.1 Å². The molecule has 0 radical (unpaired) electrons. The van der Waals surface area contributed by atoms with Gasteiger partial charge in [0.05, 0.1) is 0 Å². The van der Waals surface area contributed by atoms with Gasteiger partial charge in [-0.2, -0.15) is 0 Å². The molecule has 3 N–H and O–H groups in total. The molecule has 1 heterocycles. The number of benzene rings is 1. The van der Waals surface area contributed by atoms with E-state index in [0.717, 1.165) is 57.2 Å². The number of carbonyl (C=O) groups excluding carboxylic acids is 2. The monoisotopic (exact) mass is 387 g/mol. The summed E-state index contributed by atoms with van der Waals surface area (Å²) in [5.41, 5.74) is 0.933. The zero-order valence-electron chi connectivity index (χ0n) is 16.6. The van der Waals surface area contributed by atoms with Crippen molar-refractivity contribution in [3.8, 4) is 0 Å². The minimum atomic E-state index is -0.517. The van der Waals surface area contributed by atoms with Crippen LogP contribution in [0.1, 0.15) is 50.5 Å². The number of ether oxygens (including phenoxy) is 1. The summed E-state index contributed by atoms with van der Waals surface area (Å²) >= 11 is 0. The second kappa shape index (κ2) is 11.1. The van der Waals surface area contributed by atoms with Gasteiger partial charge in [0.15, 0.2) is 0 Å². The Kier molecular flexibility index (Phi) is 8.15. The number of nitrogens with one attached hydrogen (secondary N) is 3. The zero-order valence-corrected chi connectivity index (χ0v) is 16.6. The first kappa shape index (κ1) is 20.6. The molecule has 2 aliphatic rings. The number of amides is 2. The van der Waals surface area contributed by atoms with Crippen LogP contribution < -0.4 is 16.0 Å². The van der Waals surface area contributed by atoms with E-state index < -0.39 is 12.1 Å². The molecule has 154 valence electrons. The fourth-order valence-electron chi connectivity index (χ4n) is 4.20. The minimum Gasteiger partial charge on any atom is -0.445 e. The highest BCUT2D eigenvalue weighted by Gasteiger charge is 2.31. The number of piperidine rings is 1. The van der Waals surface area contributed by atoms with Crippen molar-refractivity contribution in [3.05, 3.63) is 35.9 Å². The summed E-state index contributed by atoms with van der Waals surface area (Å²) in [7, 11) is 0. The Hall–Kier alpha value is -2.08. The standard InChI is InChI=1S/C22H33N3O3/c26-21(24-15-17-11-13-23-14-12-17)20(19-9-5-2-6-10-19)25-22(27)28-16-18-7-3-1-4-8-18/h1,3-4,7-8,17,19-20,23H,2,5-6,9-16H2,(H,24,26)(H,25,27). The van der Waals surface area contributed by atoms with Crippen LogP contribution in [0.2, 0.25) is 0 Å². The van der Waals surface area contributed by atoms with Crippen LogP contribution in [0.3, 0.4) is 0 Å². The highest BCUT2D eigenvalue weighted by Crippen LogP contribution is 2.27. The Bertz CT molecular complexity index is 611. The van der Waals surface area contributed by atoms with Gasteiger partial charge >= 0.3 is 6.09 Å². The first-order chi connectivity index (χ1) is 13.7. The highest BCUT2D eigenvalue weighted by molar-refractivity contribution is 5.86. The lowest BCUT2D eigenvalue weighted by Crippen LogP contribution is -2.52. The van der Waals surface area contributed by atoms with Crippen LogP contribution >= 0.6 is 0 Å². The highest BCUT2D eigenvalue weighted by atomic mass is 16.5. The van der Waals surface area contributed by atoms with Crippen molar-refractivity contribution < 1.29 is 14.3 Å². The summed E-state index contributed by atoms with van der Waals surface area (Å²) in [6.07, 6.45) is 7.04. The van der Waals surface area contributed by atoms with Gasteiger partial charge in [0.25, 0.3) is 0 Å². The molecule has 1 atom stereocenters. The maximum absolute atomic E-state index is 12.9. The molecule has 0 spiro atoms. The molecule has 1 aromatic carbocycles. The summed E-state index contributed by atoms with van der Waals surface area (Å²) in [4.78, 5) is 25.3. The Balaban J connectivity index is 1.52. The van der Waals surface area contributed by atoms with Crippen molar-refractivity contribution in [3.63, 3.8) is 0 Å². The molecule has 6 heteroatoms. The molecule has 28 heavy (non-hydrogen) atoms. The molecular formula is C22H33N3O3. The summed E-state index contributed by atoms with van der Waals surface area (Å²) in [6, 6.07) is 9.07. The van der Waals surface area contributed by atoms with Crippen molar-refractivity contribution in [1.29, 1.82) is 0 Å². The number of hydrogen-bond acceptors (Lipinski definition) is 4. The van der Waals surface area contributed by atoms with E-state index in [4.69, 9.17) is 4.74 Å². The van der Waals surface area contributed by atoms with Gasteiger partial charge in [0, 0.05) is 6.54 Å². The summed E-state index contributed by atoms with van der Waals surface area (Å²) < 4.78 is 5.36. The SMILES string of the molecule is O=C(NC(C(=O)NCC1CCNCC1)C1CCCCC1)OCc1ccccc1.